The zero-order valence-corrected chi connectivity index (χ0v) is 12.5. The van der Waals surface area contributed by atoms with E-state index in [9.17, 15) is 4.79 Å². The predicted molar refractivity (Wildman–Crippen MR) is 75.1 cm³/mol. The highest BCUT2D eigenvalue weighted by Crippen LogP contribution is 2.37. The molecule has 0 amide bonds. The Labute approximate surface area is 116 Å². The number of aryl methyl sites for hydroxylation is 2. The number of carbonyl (C=O) groups excluding carboxylic acids is 1. The summed E-state index contributed by atoms with van der Waals surface area (Å²) < 4.78 is 6.34. The summed E-state index contributed by atoms with van der Waals surface area (Å²) in [5.74, 6) is 1.03. The minimum absolute atomic E-state index is 0.0202. The zero-order chi connectivity index (χ0) is 13.8. The average Bonchev–Trinajstić information content (AvgIpc) is 2.81. The smallest absolute Gasteiger partial charge is 0.213 e. The van der Waals surface area contributed by atoms with Crippen molar-refractivity contribution in [2.24, 2.45) is 5.41 Å². The molecule has 4 nitrogen and oxygen atoms in total. The monoisotopic (exact) mass is 275 g/mol. The molecule has 3 rings (SSSR count). The zero-order valence-electron chi connectivity index (χ0n) is 11.6. The normalized spacial score (nSPS) is 17.6. The van der Waals surface area contributed by atoms with E-state index in [0.29, 0.717) is 6.42 Å². The Morgan fingerprint density at radius 1 is 1.32 bits per heavy atom. The number of carbonyl (C=O) groups is 1. The second-order valence-corrected chi connectivity index (χ2v) is 6.78. The van der Waals surface area contributed by atoms with E-state index < -0.39 is 0 Å². The van der Waals surface area contributed by atoms with Gasteiger partial charge in [0.05, 0.1) is 0 Å². The van der Waals surface area contributed by atoms with Crippen molar-refractivity contribution in [2.45, 2.75) is 40.5 Å². The SMILES string of the molecule is Cc1nsc(-n2c(C)cc3c2CC(C)(C)CC3=O)n1. The topological polar surface area (TPSA) is 47.8 Å². The maximum absolute atomic E-state index is 12.3. The van der Waals surface area contributed by atoms with Gasteiger partial charge in [-0.05, 0) is 31.7 Å². The van der Waals surface area contributed by atoms with Gasteiger partial charge in [-0.2, -0.15) is 4.37 Å². The lowest BCUT2D eigenvalue weighted by atomic mass is 9.76. The van der Waals surface area contributed by atoms with E-state index >= 15 is 0 Å². The van der Waals surface area contributed by atoms with Gasteiger partial charge in [0.2, 0.25) is 5.13 Å². The molecule has 0 fully saturated rings. The van der Waals surface area contributed by atoms with Crippen molar-refractivity contribution >= 4 is 17.3 Å². The van der Waals surface area contributed by atoms with Crippen molar-refractivity contribution in [3.63, 3.8) is 0 Å². The third kappa shape index (κ3) is 2.02. The van der Waals surface area contributed by atoms with Crippen LogP contribution in [0.25, 0.3) is 5.13 Å². The third-order valence-corrected chi connectivity index (χ3v) is 4.37. The van der Waals surface area contributed by atoms with E-state index in [1.807, 2.05) is 19.9 Å². The van der Waals surface area contributed by atoms with E-state index in [-0.39, 0.29) is 11.2 Å². The number of ketones is 1. The van der Waals surface area contributed by atoms with Crippen LogP contribution in [0.15, 0.2) is 6.07 Å². The van der Waals surface area contributed by atoms with Crippen LogP contribution in [0.4, 0.5) is 0 Å². The van der Waals surface area contributed by atoms with Gasteiger partial charge in [-0.3, -0.25) is 9.36 Å². The Kier molecular flexibility index (Phi) is 2.64. The molecule has 100 valence electrons. The van der Waals surface area contributed by atoms with Gasteiger partial charge in [0.15, 0.2) is 5.78 Å². The summed E-state index contributed by atoms with van der Waals surface area (Å²) >= 11 is 1.39. The van der Waals surface area contributed by atoms with Gasteiger partial charge in [-0.15, -0.1) is 0 Å². The van der Waals surface area contributed by atoms with Gasteiger partial charge in [-0.1, -0.05) is 13.8 Å². The Hall–Kier alpha value is -1.49. The molecule has 19 heavy (non-hydrogen) atoms. The largest absolute Gasteiger partial charge is 0.294 e. The van der Waals surface area contributed by atoms with Gasteiger partial charge in [0, 0.05) is 34.9 Å². The van der Waals surface area contributed by atoms with Gasteiger partial charge in [-0.25, -0.2) is 4.98 Å². The second-order valence-electron chi connectivity index (χ2n) is 6.05. The van der Waals surface area contributed by atoms with Crippen molar-refractivity contribution in [1.29, 1.82) is 0 Å². The first-order valence-electron chi connectivity index (χ1n) is 6.42. The standard InChI is InChI=1S/C14H17N3OS/c1-8-5-10-11(6-14(3,4)7-12(10)18)17(8)13-15-9(2)16-19-13/h5H,6-7H2,1-4H3. The first-order valence-corrected chi connectivity index (χ1v) is 7.20. The van der Waals surface area contributed by atoms with Gasteiger partial charge < -0.3 is 0 Å². The van der Waals surface area contributed by atoms with Gasteiger partial charge in [0.25, 0.3) is 0 Å². The summed E-state index contributed by atoms with van der Waals surface area (Å²) in [4.78, 5) is 16.7. The quantitative estimate of drug-likeness (QED) is 0.803. The predicted octanol–water partition coefficient (Wildman–Crippen LogP) is 3.10. The molecule has 2 aromatic heterocycles. The van der Waals surface area contributed by atoms with E-state index in [1.54, 1.807) is 0 Å². The Morgan fingerprint density at radius 3 is 2.68 bits per heavy atom. The van der Waals surface area contributed by atoms with Crippen LogP contribution < -0.4 is 0 Å². The Bertz CT molecular complexity index is 666. The molecule has 0 saturated heterocycles. The Morgan fingerprint density at radius 2 is 2.05 bits per heavy atom. The maximum Gasteiger partial charge on any atom is 0.213 e. The summed E-state index contributed by atoms with van der Waals surface area (Å²) in [7, 11) is 0. The molecule has 0 saturated carbocycles. The number of nitrogens with zero attached hydrogens (tertiary/aromatic N) is 3. The van der Waals surface area contributed by atoms with Crippen LogP contribution in [0.1, 0.15) is 47.8 Å². The number of rotatable bonds is 1. The molecule has 5 heteroatoms. The molecule has 0 aromatic carbocycles. The van der Waals surface area contributed by atoms with Crippen molar-refractivity contribution in [1.82, 2.24) is 13.9 Å². The molecule has 0 N–H and O–H groups in total. The molecule has 0 spiro atoms. The molecule has 0 unspecified atom stereocenters. The number of fused-ring (bicyclic) bond motifs is 1. The summed E-state index contributed by atoms with van der Waals surface area (Å²) in [6.07, 6.45) is 1.53. The Balaban J connectivity index is 2.20. The highest BCUT2D eigenvalue weighted by molar-refractivity contribution is 7.08. The lowest BCUT2D eigenvalue weighted by Crippen LogP contribution is -2.27. The highest BCUT2D eigenvalue weighted by Gasteiger charge is 2.34. The van der Waals surface area contributed by atoms with Crippen LogP contribution in [-0.2, 0) is 6.42 Å². The number of aromatic nitrogens is 3. The van der Waals surface area contributed by atoms with Crippen LogP contribution in [-0.4, -0.2) is 19.7 Å². The number of hydrogen-bond acceptors (Lipinski definition) is 4. The molecule has 0 bridgehead atoms. The van der Waals surface area contributed by atoms with Gasteiger partial charge >= 0.3 is 0 Å². The van der Waals surface area contributed by atoms with Crippen molar-refractivity contribution in [2.75, 3.05) is 0 Å². The molecule has 0 radical (unpaired) electrons. The van der Waals surface area contributed by atoms with Crippen molar-refractivity contribution < 1.29 is 4.79 Å². The van der Waals surface area contributed by atoms with E-state index in [1.165, 1.54) is 11.5 Å². The van der Waals surface area contributed by atoms with Gasteiger partial charge in [0.1, 0.15) is 5.82 Å². The molecule has 2 aromatic rings. The summed E-state index contributed by atoms with van der Waals surface area (Å²) in [6.45, 7) is 8.20. The highest BCUT2D eigenvalue weighted by atomic mass is 32.1. The first-order chi connectivity index (χ1) is 8.87. The van der Waals surface area contributed by atoms with E-state index in [4.69, 9.17) is 0 Å². The summed E-state index contributed by atoms with van der Waals surface area (Å²) in [6, 6.07) is 1.99. The van der Waals surface area contributed by atoms with Crippen LogP contribution in [0.5, 0.6) is 0 Å². The summed E-state index contributed by atoms with van der Waals surface area (Å²) in [5, 5.41) is 0.863. The molecule has 2 heterocycles. The van der Waals surface area contributed by atoms with Crippen LogP contribution in [0.2, 0.25) is 0 Å². The molecular weight excluding hydrogens is 258 g/mol. The van der Waals surface area contributed by atoms with Crippen molar-refractivity contribution in [3.8, 4) is 5.13 Å². The molecule has 1 aliphatic carbocycles. The van der Waals surface area contributed by atoms with Crippen LogP contribution >= 0.6 is 11.5 Å². The fourth-order valence-corrected chi connectivity index (χ4v) is 3.56. The fraction of sp³-hybridized carbons (Fsp3) is 0.500. The minimum Gasteiger partial charge on any atom is -0.294 e. The van der Waals surface area contributed by atoms with E-state index in [2.05, 4.69) is 27.8 Å². The molecular formula is C14H17N3OS. The van der Waals surface area contributed by atoms with Crippen LogP contribution in [0, 0.1) is 19.3 Å². The number of Topliss-reactive ketones (excluding diaryl/α,β-unsaturated/α-hetero) is 1. The number of hydrogen-bond donors (Lipinski definition) is 0. The molecule has 0 aliphatic heterocycles. The van der Waals surface area contributed by atoms with Crippen molar-refractivity contribution in [3.05, 3.63) is 28.8 Å². The third-order valence-electron chi connectivity index (χ3n) is 3.58. The second kappa shape index (κ2) is 4.00. The summed E-state index contributed by atoms with van der Waals surface area (Å²) in [5.41, 5.74) is 3.04. The molecule has 1 aliphatic rings. The lowest BCUT2D eigenvalue weighted by Gasteiger charge is -2.29. The first kappa shape index (κ1) is 12.5. The van der Waals surface area contributed by atoms with Crippen LogP contribution in [0.3, 0.4) is 0 Å². The molecule has 0 atom stereocenters. The fourth-order valence-electron chi connectivity index (χ4n) is 2.79. The average molecular weight is 275 g/mol. The maximum atomic E-state index is 12.3. The van der Waals surface area contributed by atoms with E-state index in [0.717, 1.165) is 34.3 Å². The lowest BCUT2D eigenvalue weighted by molar-refractivity contribution is 0.0911. The minimum atomic E-state index is 0.0202.